The summed E-state index contributed by atoms with van der Waals surface area (Å²) in [5, 5.41) is 18.6. The van der Waals surface area contributed by atoms with Crippen molar-refractivity contribution in [3.8, 4) is 0 Å². The van der Waals surface area contributed by atoms with E-state index in [9.17, 15) is 14.7 Å². The average molecular weight is 532 g/mol. The largest absolute Gasteiger partial charge is 0.411 e. The lowest BCUT2D eigenvalue weighted by atomic mass is 10.2. The Bertz CT molecular complexity index is 1220. The number of anilines is 3. The van der Waals surface area contributed by atoms with Crippen molar-refractivity contribution in [2.75, 3.05) is 36.4 Å². The van der Waals surface area contributed by atoms with Crippen LogP contribution < -0.4 is 22.0 Å². The zero-order chi connectivity index (χ0) is 26.4. The normalized spacial score (nSPS) is 20.1. The number of ether oxygens (including phenoxy) is 2. The van der Waals surface area contributed by atoms with Gasteiger partial charge in [0.2, 0.25) is 17.8 Å². The molecule has 0 radical (unpaired) electrons. The number of hydrogen-bond donors (Lipinski definition) is 7. The molecule has 0 unspecified atom stereocenters. The molecule has 2 aromatic heterocycles. The van der Waals surface area contributed by atoms with E-state index < -0.39 is 14.7 Å². The van der Waals surface area contributed by atoms with E-state index >= 15 is 0 Å². The number of benzene rings is 1. The Hall–Kier alpha value is -3.18. The van der Waals surface area contributed by atoms with Crippen LogP contribution >= 0.6 is 0 Å². The van der Waals surface area contributed by atoms with Gasteiger partial charge in [0.25, 0.3) is 0 Å². The van der Waals surface area contributed by atoms with E-state index in [2.05, 4.69) is 36.2 Å². The van der Waals surface area contributed by atoms with Crippen LogP contribution in [0.25, 0.3) is 10.9 Å². The molecule has 14 nitrogen and oxygen atoms in total. The number of para-hydroxylation sites is 1. The fourth-order valence-electron chi connectivity index (χ4n) is 4.13. The zero-order valence-corrected chi connectivity index (χ0v) is 21.7. The molecule has 8 N–H and O–H groups in total. The van der Waals surface area contributed by atoms with Gasteiger partial charge >= 0.3 is 8.56 Å². The molecule has 3 atom stereocenters. The summed E-state index contributed by atoms with van der Waals surface area (Å²) < 4.78 is 13.2. The topological polar surface area (TPSA) is 197 Å². The number of hydrogen-bond acceptors (Lipinski definition) is 13. The van der Waals surface area contributed by atoms with Gasteiger partial charge < -0.3 is 34.1 Å². The first-order chi connectivity index (χ1) is 17.8. The summed E-state index contributed by atoms with van der Waals surface area (Å²) in [6, 6.07) is 8.19. The maximum absolute atomic E-state index is 10.4. The van der Waals surface area contributed by atoms with Crippen molar-refractivity contribution in [1.29, 1.82) is 0 Å². The second-order valence-corrected chi connectivity index (χ2v) is 11.9. The van der Waals surface area contributed by atoms with Crippen LogP contribution in [0.4, 0.5) is 17.8 Å². The molecular formula is C22H33N9O5Si. The predicted molar refractivity (Wildman–Crippen MR) is 141 cm³/mol. The minimum atomic E-state index is -3.10. The lowest BCUT2D eigenvalue weighted by molar-refractivity contribution is -0.0520. The van der Waals surface area contributed by atoms with Crippen molar-refractivity contribution in [3.05, 3.63) is 36.0 Å². The zero-order valence-electron chi connectivity index (χ0n) is 20.7. The van der Waals surface area contributed by atoms with Gasteiger partial charge in [-0.15, -0.1) is 0 Å². The van der Waals surface area contributed by atoms with Crippen molar-refractivity contribution in [2.24, 2.45) is 10.9 Å². The molecule has 1 aliphatic rings. The number of nitrogens with one attached hydrogen (secondary N) is 3. The molecule has 0 saturated carbocycles. The number of aliphatic hydroxyl groups is 1. The summed E-state index contributed by atoms with van der Waals surface area (Å²) in [6.45, 7) is 2.23. The first-order valence-electron chi connectivity index (χ1n) is 11.9. The number of nitrogen functional groups attached to an aromatic ring is 1. The van der Waals surface area contributed by atoms with Crippen molar-refractivity contribution < 1.29 is 24.2 Å². The summed E-state index contributed by atoms with van der Waals surface area (Å²) in [7, 11) is -1.51. The lowest BCUT2D eigenvalue weighted by Gasteiger charge is -2.15. The fraction of sp³-hybridized carbons (Fsp3) is 0.455. The number of hydrazine groups is 1. The molecule has 1 saturated heterocycles. The number of nitrogens with zero attached hydrogens (tertiary/aromatic N) is 5. The fourth-order valence-corrected chi connectivity index (χ4v) is 4.97. The summed E-state index contributed by atoms with van der Waals surface area (Å²) in [6.07, 6.45) is 3.25. The SMILES string of the molecule is COC[C@H]1O[C@@H](n2cc(C=NNc3nc(NN)nc(NCCC[Si](C)(O)O)n3)c3ccccc32)C[C@H]1O. The molecule has 15 heteroatoms. The van der Waals surface area contributed by atoms with Crippen LogP contribution in [-0.2, 0) is 9.47 Å². The van der Waals surface area contributed by atoms with Crippen molar-refractivity contribution >= 4 is 43.5 Å². The van der Waals surface area contributed by atoms with Crippen molar-refractivity contribution in [2.45, 2.75) is 43.9 Å². The lowest BCUT2D eigenvalue weighted by Crippen LogP contribution is -2.30. The van der Waals surface area contributed by atoms with E-state index in [1.54, 1.807) is 13.3 Å². The Labute approximate surface area is 214 Å². The second kappa shape index (κ2) is 11.9. The van der Waals surface area contributed by atoms with E-state index in [1.807, 2.05) is 35.0 Å². The molecule has 1 aliphatic heterocycles. The first kappa shape index (κ1) is 26.9. The van der Waals surface area contributed by atoms with Gasteiger partial charge in [0.15, 0.2) is 0 Å². The summed E-state index contributed by atoms with van der Waals surface area (Å²) in [5.41, 5.74) is 6.97. The highest BCUT2D eigenvalue weighted by atomic mass is 28.4. The third-order valence-electron chi connectivity index (χ3n) is 5.86. The maximum Gasteiger partial charge on any atom is 0.329 e. The standard InChI is InChI=1S/C22H33N9O5Si/c1-35-13-18-17(32)10-19(36-18)31-12-14(15-6-3-4-7-16(15)31)11-25-30-22-27-20(26-21(28-22)29-23)24-8-5-9-37(2,33)34/h3-4,6-7,11-12,17-19,32-34H,5,8-10,13,23H2,1-2H3,(H3,24,26,27,28,29,30)/t17-,18-,19-/m1/s1. The third-order valence-corrected chi connectivity index (χ3v) is 7.16. The number of rotatable bonds is 12. The Morgan fingerprint density at radius 1 is 1.24 bits per heavy atom. The van der Waals surface area contributed by atoms with Crippen molar-refractivity contribution in [3.63, 3.8) is 0 Å². The Morgan fingerprint density at radius 2 is 2.00 bits per heavy atom. The third kappa shape index (κ3) is 6.98. The molecule has 3 heterocycles. The Kier molecular flexibility index (Phi) is 8.65. The minimum absolute atomic E-state index is 0.137. The number of aliphatic hydroxyl groups excluding tert-OH is 1. The Balaban J connectivity index is 1.47. The molecule has 4 rings (SSSR count). The van der Waals surface area contributed by atoms with Crippen LogP contribution in [0.1, 0.15) is 24.6 Å². The highest BCUT2D eigenvalue weighted by Crippen LogP contribution is 2.33. The van der Waals surface area contributed by atoms with Gasteiger partial charge in [0.1, 0.15) is 12.3 Å². The molecule has 1 aromatic carbocycles. The summed E-state index contributed by atoms with van der Waals surface area (Å²) in [5.74, 6) is 6.05. The van der Waals surface area contributed by atoms with Crippen LogP contribution in [0, 0.1) is 0 Å². The second-order valence-electron chi connectivity index (χ2n) is 8.96. The van der Waals surface area contributed by atoms with E-state index in [-0.39, 0.29) is 30.2 Å². The smallest absolute Gasteiger partial charge is 0.329 e. The number of methoxy groups -OCH3 is 1. The van der Waals surface area contributed by atoms with Crippen LogP contribution in [0.5, 0.6) is 0 Å². The van der Waals surface area contributed by atoms with Gasteiger partial charge in [-0.3, -0.25) is 5.43 Å². The quantitative estimate of drug-likeness (QED) is 0.0569. The van der Waals surface area contributed by atoms with Crippen molar-refractivity contribution in [1.82, 2.24) is 19.5 Å². The van der Waals surface area contributed by atoms with Gasteiger partial charge in [-0.05, 0) is 25.1 Å². The molecule has 37 heavy (non-hydrogen) atoms. The molecule has 0 amide bonds. The number of hydrazone groups is 1. The number of fused-ring (bicyclic) bond motifs is 1. The van der Waals surface area contributed by atoms with E-state index in [1.165, 1.54) is 6.55 Å². The molecule has 0 aliphatic carbocycles. The van der Waals surface area contributed by atoms with Gasteiger partial charge in [0, 0.05) is 37.2 Å². The highest BCUT2D eigenvalue weighted by Gasteiger charge is 2.35. The van der Waals surface area contributed by atoms with E-state index in [4.69, 9.17) is 15.3 Å². The van der Waals surface area contributed by atoms with Gasteiger partial charge in [-0.25, -0.2) is 11.3 Å². The molecule has 3 aromatic rings. The first-order valence-corrected chi connectivity index (χ1v) is 14.5. The summed E-state index contributed by atoms with van der Waals surface area (Å²) in [4.78, 5) is 31.7. The number of aromatic nitrogens is 4. The Morgan fingerprint density at radius 3 is 2.76 bits per heavy atom. The monoisotopic (exact) mass is 531 g/mol. The average Bonchev–Trinajstić information content (AvgIpc) is 3.42. The van der Waals surface area contributed by atoms with Crippen LogP contribution in [-0.4, -0.2) is 81.5 Å². The van der Waals surface area contributed by atoms with Gasteiger partial charge in [0.05, 0.1) is 24.4 Å². The van der Waals surface area contributed by atoms with E-state index in [0.717, 1.165) is 16.5 Å². The summed E-state index contributed by atoms with van der Waals surface area (Å²) >= 11 is 0. The minimum Gasteiger partial charge on any atom is -0.411 e. The highest BCUT2D eigenvalue weighted by molar-refractivity contribution is 6.63. The molecule has 1 fully saturated rings. The van der Waals surface area contributed by atoms with Crippen LogP contribution in [0.2, 0.25) is 12.6 Å². The van der Waals surface area contributed by atoms with Crippen LogP contribution in [0.3, 0.4) is 0 Å². The molecule has 200 valence electrons. The van der Waals surface area contributed by atoms with E-state index in [0.29, 0.717) is 32.0 Å². The maximum atomic E-state index is 10.4. The van der Waals surface area contributed by atoms with Gasteiger partial charge in [-0.1, -0.05) is 18.2 Å². The van der Waals surface area contributed by atoms with Gasteiger partial charge in [-0.2, -0.15) is 20.1 Å². The van der Waals surface area contributed by atoms with Crippen LogP contribution in [0.15, 0.2) is 35.6 Å². The molecular weight excluding hydrogens is 498 g/mol. The molecule has 0 bridgehead atoms. The predicted octanol–water partition coefficient (Wildman–Crippen LogP) is 0.711. The number of nitrogens with two attached hydrogens (primary N) is 1. The molecule has 0 spiro atoms.